The molecule has 0 aliphatic heterocycles. The van der Waals surface area contributed by atoms with Crippen molar-refractivity contribution < 1.29 is 9.66 Å². The second kappa shape index (κ2) is 6.06. The molecule has 0 aromatic carbocycles. The highest BCUT2D eigenvalue weighted by molar-refractivity contribution is 5.62. The number of nitro groups is 1. The predicted molar refractivity (Wildman–Crippen MR) is 84.4 cm³/mol. The van der Waals surface area contributed by atoms with Gasteiger partial charge in [0.1, 0.15) is 5.82 Å². The van der Waals surface area contributed by atoms with Gasteiger partial charge in [-0.2, -0.15) is 4.98 Å². The summed E-state index contributed by atoms with van der Waals surface area (Å²) in [6.45, 7) is 10.2. The van der Waals surface area contributed by atoms with Crippen LogP contribution in [0.25, 0.3) is 0 Å². The van der Waals surface area contributed by atoms with E-state index < -0.39 is 4.92 Å². The molecule has 0 saturated heterocycles. The molecule has 1 aromatic heterocycles. The number of hydrogen-bond acceptors (Lipinski definition) is 6. The molecule has 1 heterocycles. The van der Waals surface area contributed by atoms with Gasteiger partial charge in [-0.15, -0.1) is 0 Å². The summed E-state index contributed by atoms with van der Waals surface area (Å²) in [6, 6.07) is 0. The zero-order valence-corrected chi connectivity index (χ0v) is 13.8. The van der Waals surface area contributed by atoms with Crippen molar-refractivity contribution in [2.24, 2.45) is 5.92 Å². The lowest BCUT2D eigenvalue weighted by molar-refractivity contribution is -0.385. The van der Waals surface area contributed by atoms with Gasteiger partial charge in [0, 0.05) is 11.5 Å². The Hall–Kier alpha value is -1.92. The minimum absolute atomic E-state index is 0.0716. The van der Waals surface area contributed by atoms with E-state index in [9.17, 15) is 10.1 Å². The first kappa shape index (κ1) is 16.5. The maximum atomic E-state index is 11.5. The van der Waals surface area contributed by atoms with Crippen LogP contribution in [-0.2, 0) is 0 Å². The van der Waals surface area contributed by atoms with E-state index in [-0.39, 0.29) is 28.8 Å². The van der Waals surface area contributed by atoms with Gasteiger partial charge in [0.15, 0.2) is 0 Å². The van der Waals surface area contributed by atoms with Crippen LogP contribution in [0.2, 0.25) is 0 Å². The Morgan fingerprint density at radius 3 is 2.45 bits per heavy atom. The van der Waals surface area contributed by atoms with Crippen molar-refractivity contribution >= 4 is 11.5 Å². The lowest BCUT2D eigenvalue weighted by atomic mass is 10.1. The maximum Gasteiger partial charge on any atom is 0.372 e. The molecule has 0 bridgehead atoms. The van der Waals surface area contributed by atoms with Crippen LogP contribution in [0.15, 0.2) is 0 Å². The van der Waals surface area contributed by atoms with E-state index >= 15 is 0 Å². The van der Waals surface area contributed by atoms with Crippen LogP contribution in [0.3, 0.4) is 0 Å². The SMILES string of the molecule is CC(C)COc1nc(C2CC2)nc(NC(C)(C)C)c1[N+](=O)[O-]. The van der Waals surface area contributed by atoms with Crippen molar-refractivity contribution in [3.8, 4) is 5.88 Å². The van der Waals surface area contributed by atoms with Crippen LogP contribution in [0.1, 0.15) is 59.2 Å². The van der Waals surface area contributed by atoms with Gasteiger partial charge in [0.05, 0.1) is 11.5 Å². The van der Waals surface area contributed by atoms with Gasteiger partial charge in [-0.3, -0.25) is 10.1 Å². The van der Waals surface area contributed by atoms with E-state index in [2.05, 4.69) is 15.3 Å². The number of anilines is 1. The fraction of sp³-hybridized carbons (Fsp3) is 0.733. The van der Waals surface area contributed by atoms with E-state index in [4.69, 9.17) is 4.74 Å². The Morgan fingerprint density at radius 2 is 2.00 bits per heavy atom. The van der Waals surface area contributed by atoms with Crippen LogP contribution >= 0.6 is 0 Å². The molecule has 1 saturated carbocycles. The summed E-state index contributed by atoms with van der Waals surface area (Å²) in [6.07, 6.45) is 2.05. The van der Waals surface area contributed by atoms with Crippen molar-refractivity contribution in [3.63, 3.8) is 0 Å². The van der Waals surface area contributed by atoms with Gasteiger partial charge in [0.2, 0.25) is 5.82 Å². The number of hydrogen-bond donors (Lipinski definition) is 1. The smallest absolute Gasteiger partial charge is 0.372 e. The first-order valence-electron chi connectivity index (χ1n) is 7.64. The Kier molecular flexibility index (Phi) is 4.53. The van der Waals surface area contributed by atoms with E-state index in [1.54, 1.807) is 0 Å². The average molecular weight is 308 g/mol. The molecule has 1 aromatic rings. The van der Waals surface area contributed by atoms with Crippen molar-refractivity contribution in [2.45, 2.75) is 58.9 Å². The molecule has 7 heteroatoms. The zero-order valence-electron chi connectivity index (χ0n) is 13.8. The van der Waals surface area contributed by atoms with Gasteiger partial charge in [0.25, 0.3) is 5.88 Å². The molecule has 0 spiro atoms. The molecule has 1 aliphatic carbocycles. The molecular formula is C15H24N4O3. The molecule has 0 unspecified atom stereocenters. The largest absolute Gasteiger partial charge is 0.472 e. The summed E-state index contributed by atoms with van der Waals surface area (Å²) >= 11 is 0. The lowest BCUT2D eigenvalue weighted by Gasteiger charge is -2.22. The van der Waals surface area contributed by atoms with E-state index in [0.29, 0.717) is 18.3 Å². The van der Waals surface area contributed by atoms with Crippen LogP contribution in [0.5, 0.6) is 5.88 Å². The summed E-state index contributed by atoms with van der Waals surface area (Å²) in [5.41, 5.74) is -0.519. The van der Waals surface area contributed by atoms with Crippen molar-refractivity contribution in [3.05, 3.63) is 15.9 Å². The van der Waals surface area contributed by atoms with Crippen molar-refractivity contribution in [1.82, 2.24) is 9.97 Å². The molecule has 2 rings (SSSR count). The Balaban J connectivity index is 2.45. The Bertz CT molecular complexity index is 563. The van der Waals surface area contributed by atoms with Gasteiger partial charge in [-0.25, -0.2) is 4.98 Å². The summed E-state index contributed by atoms with van der Waals surface area (Å²) in [5.74, 6) is 1.51. The van der Waals surface area contributed by atoms with Crippen LogP contribution in [0.4, 0.5) is 11.5 Å². The molecule has 0 atom stereocenters. The molecule has 1 aliphatic rings. The Morgan fingerprint density at radius 1 is 1.36 bits per heavy atom. The monoisotopic (exact) mass is 308 g/mol. The lowest BCUT2D eigenvalue weighted by Crippen LogP contribution is -2.28. The molecule has 122 valence electrons. The van der Waals surface area contributed by atoms with Crippen molar-refractivity contribution in [1.29, 1.82) is 0 Å². The molecule has 1 fully saturated rings. The molecule has 0 radical (unpaired) electrons. The van der Waals surface area contributed by atoms with Crippen LogP contribution in [0, 0.1) is 16.0 Å². The minimum atomic E-state index is -0.472. The third-order valence-electron chi connectivity index (χ3n) is 3.04. The second-order valence-electron chi connectivity index (χ2n) is 7.20. The number of rotatable bonds is 6. The summed E-state index contributed by atoms with van der Waals surface area (Å²) in [7, 11) is 0. The van der Waals surface area contributed by atoms with Crippen LogP contribution < -0.4 is 10.1 Å². The highest BCUT2D eigenvalue weighted by Crippen LogP contribution is 2.42. The first-order valence-corrected chi connectivity index (χ1v) is 7.64. The predicted octanol–water partition coefficient (Wildman–Crippen LogP) is 3.51. The third kappa shape index (κ3) is 4.29. The Labute approximate surface area is 130 Å². The van der Waals surface area contributed by atoms with Crippen LogP contribution in [-0.4, -0.2) is 27.0 Å². The highest BCUT2D eigenvalue weighted by atomic mass is 16.6. The fourth-order valence-electron chi connectivity index (χ4n) is 1.93. The number of ether oxygens (including phenoxy) is 1. The normalized spacial score (nSPS) is 15.0. The average Bonchev–Trinajstić information content (AvgIpc) is 3.17. The minimum Gasteiger partial charge on any atom is -0.472 e. The standard InChI is InChI=1S/C15H24N4O3/c1-9(2)8-22-14-11(19(20)21)13(18-15(3,4)5)16-12(17-14)10-6-7-10/h9-10H,6-8H2,1-5H3,(H,16,17,18). The maximum absolute atomic E-state index is 11.5. The second-order valence-corrected chi connectivity index (χ2v) is 7.20. The van der Waals surface area contributed by atoms with Gasteiger partial charge in [-0.1, -0.05) is 13.8 Å². The molecule has 7 nitrogen and oxygen atoms in total. The summed E-state index contributed by atoms with van der Waals surface area (Å²) < 4.78 is 5.60. The quantitative estimate of drug-likeness (QED) is 0.639. The van der Waals surface area contributed by atoms with E-state index in [1.165, 1.54) is 0 Å². The van der Waals surface area contributed by atoms with E-state index in [1.807, 2.05) is 34.6 Å². The van der Waals surface area contributed by atoms with Crippen molar-refractivity contribution in [2.75, 3.05) is 11.9 Å². The summed E-state index contributed by atoms with van der Waals surface area (Å²) in [4.78, 5) is 19.7. The van der Waals surface area contributed by atoms with Gasteiger partial charge in [-0.05, 0) is 39.5 Å². The first-order chi connectivity index (χ1) is 10.2. The number of aromatic nitrogens is 2. The molecule has 0 amide bonds. The third-order valence-corrected chi connectivity index (χ3v) is 3.04. The van der Waals surface area contributed by atoms with Gasteiger partial charge >= 0.3 is 5.69 Å². The zero-order chi connectivity index (χ0) is 16.5. The topological polar surface area (TPSA) is 90.2 Å². The van der Waals surface area contributed by atoms with E-state index in [0.717, 1.165) is 12.8 Å². The summed E-state index contributed by atoms with van der Waals surface area (Å²) in [5, 5.41) is 14.6. The highest BCUT2D eigenvalue weighted by Gasteiger charge is 2.34. The van der Waals surface area contributed by atoms with Gasteiger partial charge < -0.3 is 10.1 Å². The molecule has 1 N–H and O–H groups in total. The molecular weight excluding hydrogens is 284 g/mol. The molecule has 22 heavy (non-hydrogen) atoms. The number of nitrogens with zero attached hydrogens (tertiary/aromatic N) is 3. The fourth-order valence-corrected chi connectivity index (χ4v) is 1.93. The number of nitrogens with one attached hydrogen (secondary N) is 1.